The van der Waals surface area contributed by atoms with Crippen LogP contribution in [-0.4, -0.2) is 32.0 Å². The highest BCUT2D eigenvalue weighted by Gasteiger charge is 2.14. The molecule has 1 amide bonds. The van der Waals surface area contributed by atoms with Crippen molar-refractivity contribution in [2.24, 2.45) is 5.10 Å². The summed E-state index contributed by atoms with van der Waals surface area (Å²) in [5.41, 5.74) is 5.13. The average Bonchev–Trinajstić information content (AvgIpc) is 3.33. The van der Waals surface area contributed by atoms with Crippen molar-refractivity contribution in [2.75, 3.05) is 24.8 Å². The third-order valence-corrected chi connectivity index (χ3v) is 4.38. The summed E-state index contributed by atoms with van der Waals surface area (Å²) in [6.45, 7) is 2.41. The number of carbonyl (C=O) groups is 1. The van der Waals surface area contributed by atoms with E-state index in [9.17, 15) is 4.79 Å². The summed E-state index contributed by atoms with van der Waals surface area (Å²) < 4.78 is 10.6. The summed E-state index contributed by atoms with van der Waals surface area (Å²) in [6, 6.07) is 13.1. The van der Waals surface area contributed by atoms with E-state index in [0.717, 1.165) is 30.1 Å². The standard InChI is InChI=1S/C19H19N3O3/c23-19(15-4-6-16(7-5-15)22-9-1-2-10-22)21-20-12-14-3-8-17-18(11-14)25-13-24-17/h3-8,11-12H,1-2,9-10,13H2,(H,21,23)/b20-12-. The number of benzene rings is 2. The molecular weight excluding hydrogens is 318 g/mol. The number of hydrogen-bond donors (Lipinski definition) is 1. The van der Waals surface area contributed by atoms with Crippen molar-refractivity contribution in [1.82, 2.24) is 5.43 Å². The van der Waals surface area contributed by atoms with Crippen LogP contribution < -0.4 is 19.8 Å². The molecule has 25 heavy (non-hydrogen) atoms. The van der Waals surface area contributed by atoms with Gasteiger partial charge in [-0.15, -0.1) is 0 Å². The van der Waals surface area contributed by atoms with Gasteiger partial charge in [-0.2, -0.15) is 5.10 Å². The fourth-order valence-electron chi connectivity index (χ4n) is 3.02. The van der Waals surface area contributed by atoms with Crippen LogP contribution in [0.3, 0.4) is 0 Å². The van der Waals surface area contributed by atoms with Crippen molar-refractivity contribution in [2.45, 2.75) is 12.8 Å². The van der Waals surface area contributed by atoms with Crippen LogP contribution in [0.1, 0.15) is 28.8 Å². The second-order valence-corrected chi connectivity index (χ2v) is 6.05. The van der Waals surface area contributed by atoms with Crippen molar-refractivity contribution < 1.29 is 14.3 Å². The van der Waals surface area contributed by atoms with Crippen LogP contribution in [0.5, 0.6) is 11.5 Å². The predicted octanol–water partition coefficient (Wildman–Crippen LogP) is 2.78. The summed E-state index contributed by atoms with van der Waals surface area (Å²) >= 11 is 0. The zero-order valence-corrected chi connectivity index (χ0v) is 13.8. The highest BCUT2D eigenvalue weighted by Crippen LogP contribution is 2.31. The predicted molar refractivity (Wildman–Crippen MR) is 95.5 cm³/mol. The minimum atomic E-state index is -0.232. The average molecular weight is 337 g/mol. The summed E-state index contributed by atoms with van der Waals surface area (Å²) in [4.78, 5) is 14.5. The fraction of sp³-hybridized carbons (Fsp3) is 0.263. The van der Waals surface area contributed by atoms with Gasteiger partial charge in [-0.3, -0.25) is 4.79 Å². The Morgan fingerprint density at radius 1 is 1.04 bits per heavy atom. The first-order valence-electron chi connectivity index (χ1n) is 8.38. The first kappa shape index (κ1) is 15.5. The molecule has 2 aliphatic rings. The second kappa shape index (κ2) is 6.84. The third-order valence-electron chi connectivity index (χ3n) is 4.38. The van der Waals surface area contributed by atoms with E-state index in [4.69, 9.17) is 9.47 Å². The molecule has 1 fully saturated rings. The Balaban J connectivity index is 1.36. The van der Waals surface area contributed by atoms with Gasteiger partial charge in [0.2, 0.25) is 6.79 Å². The molecule has 4 rings (SSSR count). The summed E-state index contributed by atoms with van der Waals surface area (Å²) in [7, 11) is 0. The minimum Gasteiger partial charge on any atom is -0.454 e. The monoisotopic (exact) mass is 337 g/mol. The Morgan fingerprint density at radius 3 is 2.60 bits per heavy atom. The normalized spacial score (nSPS) is 15.8. The Hall–Kier alpha value is -3.02. The summed E-state index contributed by atoms with van der Waals surface area (Å²) in [5.74, 6) is 1.18. The van der Waals surface area contributed by atoms with Crippen LogP contribution in [0.25, 0.3) is 0 Å². The van der Waals surface area contributed by atoms with Gasteiger partial charge in [-0.1, -0.05) is 0 Å². The zero-order chi connectivity index (χ0) is 17.1. The largest absolute Gasteiger partial charge is 0.454 e. The van der Waals surface area contributed by atoms with Crippen molar-refractivity contribution >= 4 is 17.8 Å². The van der Waals surface area contributed by atoms with Gasteiger partial charge in [0.05, 0.1) is 6.21 Å². The molecular formula is C19H19N3O3. The molecule has 1 saturated heterocycles. The Labute approximate surface area is 146 Å². The second-order valence-electron chi connectivity index (χ2n) is 6.05. The van der Waals surface area contributed by atoms with E-state index in [2.05, 4.69) is 15.4 Å². The molecule has 0 unspecified atom stereocenters. The molecule has 0 saturated carbocycles. The Bertz CT molecular complexity index is 796. The lowest BCUT2D eigenvalue weighted by atomic mass is 10.2. The van der Waals surface area contributed by atoms with Crippen LogP contribution >= 0.6 is 0 Å². The number of fused-ring (bicyclic) bond motifs is 1. The van der Waals surface area contributed by atoms with E-state index in [1.54, 1.807) is 6.21 Å². The van der Waals surface area contributed by atoms with E-state index in [1.165, 1.54) is 12.8 Å². The van der Waals surface area contributed by atoms with Gasteiger partial charge in [-0.05, 0) is 60.9 Å². The van der Waals surface area contributed by atoms with Crippen LogP contribution in [0.15, 0.2) is 47.6 Å². The summed E-state index contributed by atoms with van der Waals surface area (Å²) in [6.07, 6.45) is 4.05. The lowest BCUT2D eigenvalue weighted by Crippen LogP contribution is -2.19. The van der Waals surface area contributed by atoms with Crippen molar-refractivity contribution in [3.8, 4) is 11.5 Å². The van der Waals surface area contributed by atoms with E-state index < -0.39 is 0 Å². The first-order valence-corrected chi connectivity index (χ1v) is 8.38. The van der Waals surface area contributed by atoms with Gasteiger partial charge in [0.1, 0.15) is 0 Å². The number of ether oxygens (including phenoxy) is 2. The highest BCUT2D eigenvalue weighted by atomic mass is 16.7. The van der Waals surface area contributed by atoms with Gasteiger partial charge < -0.3 is 14.4 Å². The maximum Gasteiger partial charge on any atom is 0.271 e. The molecule has 1 N–H and O–H groups in total. The van der Waals surface area contributed by atoms with Crippen molar-refractivity contribution in [1.29, 1.82) is 0 Å². The molecule has 0 bridgehead atoms. The van der Waals surface area contributed by atoms with Crippen LogP contribution in [0, 0.1) is 0 Å². The van der Waals surface area contributed by atoms with Gasteiger partial charge in [0.25, 0.3) is 5.91 Å². The maximum absolute atomic E-state index is 12.2. The van der Waals surface area contributed by atoms with Gasteiger partial charge in [0.15, 0.2) is 11.5 Å². The minimum absolute atomic E-state index is 0.232. The molecule has 0 aliphatic carbocycles. The summed E-state index contributed by atoms with van der Waals surface area (Å²) in [5, 5.41) is 4.01. The molecule has 2 aromatic rings. The van der Waals surface area contributed by atoms with Crippen molar-refractivity contribution in [3.05, 3.63) is 53.6 Å². The SMILES string of the molecule is O=C(N/N=C\c1ccc2c(c1)OCO2)c1ccc(N2CCCC2)cc1. The molecule has 128 valence electrons. The fourth-order valence-corrected chi connectivity index (χ4v) is 3.02. The molecule has 0 aromatic heterocycles. The van der Waals surface area contributed by atoms with E-state index >= 15 is 0 Å². The topological polar surface area (TPSA) is 63.2 Å². The Morgan fingerprint density at radius 2 is 1.80 bits per heavy atom. The van der Waals surface area contributed by atoms with Crippen LogP contribution in [-0.2, 0) is 0 Å². The highest BCUT2D eigenvalue weighted by molar-refractivity contribution is 5.95. The number of hydrazone groups is 1. The number of nitrogens with zero attached hydrogens (tertiary/aromatic N) is 2. The number of nitrogens with one attached hydrogen (secondary N) is 1. The van der Waals surface area contributed by atoms with Crippen LogP contribution in [0.2, 0.25) is 0 Å². The lowest BCUT2D eigenvalue weighted by Gasteiger charge is -2.17. The van der Waals surface area contributed by atoms with Gasteiger partial charge in [-0.25, -0.2) is 5.43 Å². The van der Waals surface area contributed by atoms with E-state index in [0.29, 0.717) is 11.3 Å². The molecule has 0 spiro atoms. The molecule has 6 heteroatoms. The quantitative estimate of drug-likeness (QED) is 0.688. The molecule has 2 aromatic carbocycles. The van der Waals surface area contributed by atoms with E-state index in [1.807, 2.05) is 42.5 Å². The maximum atomic E-state index is 12.2. The third kappa shape index (κ3) is 3.42. The molecule has 6 nitrogen and oxygen atoms in total. The first-order chi connectivity index (χ1) is 12.3. The number of amides is 1. The number of rotatable bonds is 4. The Kier molecular flexibility index (Phi) is 4.24. The van der Waals surface area contributed by atoms with Gasteiger partial charge >= 0.3 is 0 Å². The number of anilines is 1. The molecule has 0 radical (unpaired) electrons. The number of carbonyl (C=O) groups excluding carboxylic acids is 1. The lowest BCUT2D eigenvalue weighted by molar-refractivity contribution is 0.0955. The molecule has 2 aliphatic heterocycles. The molecule has 2 heterocycles. The van der Waals surface area contributed by atoms with E-state index in [-0.39, 0.29) is 12.7 Å². The molecule has 0 atom stereocenters. The number of hydrogen-bond acceptors (Lipinski definition) is 5. The smallest absolute Gasteiger partial charge is 0.271 e. The zero-order valence-electron chi connectivity index (χ0n) is 13.8. The van der Waals surface area contributed by atoms with Gasteiger partial charge in [0, 0.05) is 24.3 Å². The van der Waals surface area contributed by atoms with Crippen molar-refractivity contribution in [3.63, 3.8) is 0 Å². The van der Waals surface area contributed by atoms with Crippen LogP contribution in [0.4, 0.5) is 5.69 Å².